The van der Waals surface area contributed by atoms with Crippen LogP contribution < -0.4 is 0 Å². The van der Waals surface area contributed by atoms with E-state index in [4.69, 9.17) is 28.4 Å². The highest BCUT2D eigenvalue weighted by Crippen LogP contribution is 2.74. The molecule has 408 valence electrons. The number of hydrogen-bond acceptors (Lipinski definition) is 21. The SMILES string of the molecule is C[C@H]1O[C@@H](O[C@H]2CC[C@@]3(C)[C@H](CC[C@]4(C)[C@H]3C=CC3=C5C[C@](C)(CO)CC[C@]5(CO)[C@H](O)C[C@]34C)[C@]2(C)CO)[C@H](O[C@@H]2O[C@H](CO)[C@@H](O)[C@H](O)[C@H]2O)[C@@H](O[C@@H]2O[C@H](CO)[C@@H](OS(=O)(=O)O)[C@H](O)[C@H]2O)[C@H]1O. The predicted molar refractivity (Wildman–Crippen MR) is 243 cm³/mol. The van der Waals surface area contributed by atoms with Crippen LogP contribution in [0.5, 0.6) is 0 Å². The Morgan fingerprint density at radius 3 is 1.90 bits per heavy atom. The molecule has 5 aliphatic carbocycles. The second-order valence-corrected chi connectivity index (χ2v) is 24.4. The number of aliphatic hydroxyl groups is 12. The van der Waals surface area contributed by atoms with Crippen LogP contribution in [-0.2, 0) is 43.0 Å². The highest BCUT2D eigenvalue weighted by atomic mass is 32.3. The van der Waals surface area contributed by atoms with Crippen LogP contribution in [0.25, 0.3) is 0 Å². The van der Waals surface area contributed by atoms with Crippen molar-refractivity contribution in [3.63, 3.8) is 0 Å². The molecule has 3 aliphatic heterocycles. The molecule has 8 rings (SSSR count). The summed E-state index contributed by atoms with van der Waals surface area (Å²) in [5.41, 5.74) is -1.43. The number of fused-ring (bicyclic) bond motifs is 6. The van der Waals surface area contributed by atoms with E-state index in [1.165, 1.54) is 6.92 Å². The molecule has 0 amide bonds. The van der Waals surface area contributed by atoms with Crippen molar-refractivity contribution in [1.82, 2.24) is 0 Å². The normalized spacial score (nSPS) is 53.4. The third-order valence-electron chi connectivity index (χ3n) is 19.4. The summed E-state index contributed by atoms with van der Waals surface area (Å²) in [4.78, 5) is 0. The Morgan fingerprint density at radius 2 is 1.30 bits per heavy atom. The smallest absolute Gasteiger partial charge is 0.396 e. The number of hydrogen-bond donors (Lipinski definition) is 13. The van der Waals surface area contributed by atoms with Crippen LogP contribution in [0.1, 0.15) is 92.9 Å². The third kappa shape index (κ3) is 9.04. The van der Waals surface area contributed by atoms with Crippen molar-refractivity contribution in [2.45, 2.75) is 197 Å². The first-order valence-electron chi connectivity index (χ1n) is 25.0. The molecule has 0 aromatic carbocycles. The first-order valence-corrected chi connectivity index (χ1v) is 26.3. The maximum atomic E-state index is 12.1. The van der Waals surface area contributed by atoms with Crippen LogP contribution in [0, 0.1) is 44.3 Å². The molecule has 0 bridgehead atoms. The largest absolute Gasteiger partial charge is 0.397 e. The molecule has 0 aromatic heterocycles. The summed E-state index contributed by atoms with van der Waals surface area (Å²) in [6.07, 6.45) is -19.6. The summed E-state index contributed by atoms with van der Waals surface area (Å²) in [5, 5.41) is 132. The van der Waals surface area contributed by atoms with Gasteiger partial charge < -0.3 is 89.7 Å². The standard InChI is InChI=1S/C48H78O22S/c1-22-31(55)38(68-41-36(60)34(58)37(26(18-50)66-41)70-71(61,62)63)39(69-40-35(59)33(57)32(56)25(17-49)65-40)42(64-22)67-30-10-11-44(3)27(45(30,4)20-52)9-12-46(5)28(44)8-7-23-24-15-43(2,19-51)13-14-48(24,21-53)29(54)16-47(23,46)6/h7-8,22,25-42,49-60H,9-21H2,1-6H3,(H,61,62,63)/t22-,25-,26-,27+,28+,29-,30+,31+,32-,33+,34-,35-,36-,37-,38+,39-,40+,41+,42+,43-,44+,45+,46-,47-,48-/m1/s1. The average molecular weight is 1040 g/mol. The summed E-state index contributed by atoms with van der Waals surface area (Å²) in [6.45, 7) is 9.79. The zero-order chi connectivity index (χ0) is 52.2. The minimum atomic E-state index is -5.24. The van der Waals surface area contributed by atoms with Gasteiger partial charge in [-0.3, -0.25) is 4.55 Å². The van der Waals surface area contributed by atoms with Crippen molar-refractivity contribution < 1.29 is 107 Å². The summed E-state index contributed by atoms with van der Waals surface area (Å²) in [5.74, 6) is -0.249. The Labute approximate surface area is 414 Å². The molecule has 25 atom stereocenters. The van der Waals surface area contributed by atoms with Crippen molar-refractivity contribution in [3.8, 4) is 0 Å². The van der Waals surface area contributed by atoms with Crippen LogP contribution in [0.4, 0.5) is 0 Å². The van der Waals surface area contributed by atoms with E-state index in [2.05, 4.69) is 44.0 Å². The lowest BCUT2D eigenvalue weighted by molar-refractivity contribution is -0.397. The van der Waals surface area contributed by atoms with Gasteiger partial charge in [-0.1, -0.05) is 52.3 Å². The van der Waals surface area contributed by atoms with Gasteiger partial charge in [0.25, 0.3) is 0 Å². The fourth-order valence-corrected chi connectivity index (χ4v) is 15.3. The van der Waals surface area contributed by atoms with Gasteiger partial charge >= 0.3 is 10.4 Å². The van der Waals surface area contributed by atoms with Gasteiger partial charge in [0.05, 0.1) is 44.7 Å². The fourth-order valence-electron chi connectivity index (χ4n) is 14.8. The van der Waals surface area contributed by atoms with Crippen LogP contribution >= 0.6 is 0 Å². The van der Waals surface area contributed by atoms with Gasteiger partial charge in [0, 0.05) is 22.9 Å². The lowest BCUT2D eigenvalue weighted by atomic mass is 9.35. The second kappa shape index (κ2) is 19.9. The third-order valence-corrected chi connectivity index (χ3v) is 19.9. The van der Waals surface area contributed by atoms with Gasteiger partial charge in [0.15, 0.2) is 18.9 Å². The van der Waals surface area contributed by atoms with Crippen molar-refractivity contribution in [1.29, 1.82) is 0 Å². The molecule has 8 aliphatic rings. The van der Waals surface area contributed by atoms with Gasteiger partial charge in [0.1, 0.15) is 67.1 Å². The molecule has 0 spiro atoms. The van der Waals surface area contributed by atoms with E-state index in [1.54, 1.807) is 0 Å². The van der Waals surface area contributed by atoms with Crippen LogP contribution in [0.15, 0.2) is 23.3 Å². The molecule has 3 heterocycles. The Kier molecular flexibility index (Phi) is 15.6. The Bertz CT molecular complexity index is 2090. The minimum Gasteiger partial charge on any atom is -0.396 e. The van der Waals surface area contributed by atoms with Crippen molar-refractivity contribution >= 4 is 10.4 Å². The summed E-state index contributed by atoms with van der Waals surface area (Å²) < 4.78 is 74.0. The lowest BCUT2D eigenvalue weighted by Gasteiger charge is -2.70. The number of rotatable bonds is 13. The zero-order valence-electron chi connectivity index (χ0n) is 41.2. The van der Waals surface area contributed by atoms with E-state index in [0.29, 0.717) is 51.4 Å². The molecule has 3 saturated heterocycles. The molecule has 22 nitrogen and oxygen atoms in total. The van der Waals surface area contributed by atoms with Gasteiger partial charge in [-0.2, -0.15) is 8.42 Å². The highest BCUT2D eigenvalue weighted by Gasteiger charge is 2.69. The van der Waals surface area contributed by atoms with Crippen molar-refractivity contribution in [2.75, 3.05) is 33.0 Å². The maximum Gasteiger partial charge on any atom is 0.397 e. The van der Waals surface area contributed by atoms with Crippen LogP contribution in [-0.4, -0.2) is 212 Å². The Morgan fingerprint density at radius 1 is 0.662 bits per heavy atom. The highest BCUT2D eigenvalue weighted by molar-refractivity contribution is 7.80. The second-order valence-electron chi connectivity index (χ2n) is 23.4. The molecular weight excluding hydrogens is 961 g/mol. The molecule has 0 unspecified atom stereocenters. The maximum absolute atomic E-state index is 12.1. The van der Waals surface area contributed by atoms with E-state index in [-0.39, 0.29) is 31.7 Å². The molecule has 23 heteroatoms. The summed E-state index contributed by atoms with van der Waals surface area (Å²) in [7, 11) is -5.24. The number of ether oxygens (including phenoxy) is 6. The molecule has 3 saturated carbocycles. The molecule has 6 fully saturated rings. The van der Waals surface area contributed by atoms with Gasteiger partial charge in [-0.25, -0.2) is 4.18 Å². The minimum absolute atomic E-state index is 0.0183. The molecule has 0 aromatic rings. The molecule has 0 radical (unpaired) electrons. The number of aliphatic hydroxyl groups excluding tert-OH is 12. The van der Waals surface area contributed by atoms with Crippen molar-refractivity contribution in [3.05, 3.63) is 23.3 Å². The fraction of sp³-hybridized carbons (Fsp3) is 0.917. The quantitative estimate of drug-likeness (QED) is 0.0723. The van der Waals surface area contributed by atoms with E-state index in [0.717, 1.165) is 11.1 Å². The van der Waals surface area contributed by atoms with E-state index in [1.807, 2.05) is 6.92 Å². The first kappa shape index (κ1) is 55.9. The van der Waals surface area contributed by atoms with E-state index >= 15 is 0 Å². The van der Waals surface area contributed by atoms with Crippen LogP contribution in [0.2, 0.25) is 0 Å². The van der Waals surface area contributed by atoms with Gasteiger partial charge in [0.2, 0.25) is 0 Å². The van der Waals surface area contributed by atoms with Gasteiger partial charge in [-0.05, 0) is 91.9 Å². The Balaban J connectivity index is 1.12. The van der Waals surface area contributed by atoms with Crippen molar-refractivity contribution in [2.24, 2.45) is 44.3 Å². The summed E-state index contributed by atoms with van der Waals surface area (Å²) in [6, 6.07) is 0. The molecular formula is C48H78O22S. The van der Waals surface area contributed by atoms with Crippen LogP contribution in [0.3, 0.4) is 0 Å². The topological polar surface area (TPSA) is 362 Å². The monoisotopic (exact) mass is 1040 g/mol. The van der Waals surface area contributed by atoms with E-state index < -0.39 is 160 Å². The van der Waals surface area contributed by atoms with E-state index in [9.17, 15) is 74.2 Å². The zero-order valence-corrected chi connectivity index (χ0v) is 42.0. The predicted octanol–water partition coefficient (Wildman–Crippen LogP) is -1.70. The Hall–Kier alpha value is -1.37. The molecule has 13 N–H and O–H groups in total. The summed E-state index contributed by atoms with van der Waals surface area (Å²) >= 11 is 0. The lowest BCUT2D eigenvalue weighted by Crippen LogP contribution is -2.68. The molecule has 71 heavy (non-hydrogen) atoms. The average Bonchev–Trinajstić information content (AvgIpc) is 3.32. The van der Waals surface area contributed by atoms with Gasteiger partial charge in [-0.15, -0.1) is 0 Å². The number of allylic oxidation sites excluding steroid dienone is 3. The first-order chi connectivity index (χ1) is 33.2.